The van der Waals surface area contributed by atoms with E-state index in [2.05, 4.69) is 31.4 Å². The molecular formula is C22H25ClN2O4. The molecule has 0 atom stereocenters. The first-order valence-electron chi connectivity index (χ1n) is 9.25. The fourth-order valence-electron chi connectivity index (χ4n) is 2.47. The number of amides is 2. The van der Waals surface area contributed by atoms with E-state index in [1.807, 2.05) is 12.1 Å². The maximum Gasteiger partial charge on any atom is 0.308 e. The zero-order valence-corrected chi connectivity index (χ0v) is 17.5. The van der Waals surface area contributed by atoms with Gasteiger partial charge in [-0.15, -0.1) is 0 Å². The summed E-state index contributed by atoms with van der Waals surface area (Å²) in [7, 11) is 0. The van der Waals surface area contributed by atoms with Gasteiger partial charge in [0, 0.05) is 12.1 Å². The third-order valence-electron chi connectivity index (χ3n) is 4.14. The van der Waals surface area contributed by atoms with Gasteiger partial charge in [0.25, 0.3) is 11.8 Å². The fraction of sp³-hybridized carbons (Fsp3) is 0.318. The van der Waals surface area contributed by atoms with Crippen molar-refractivity contribution in [1.82, 2.24) is 5.32 Å². The summed E-state index contributed by atoms with van der Waals surface area (Å²) in [6, 6.07) is 14.1. The van der Waals surface area contributed by atoms with Gasteiger partial charge in [-0.2, -0.15) is 0 Å². The number of benzene rings is 2. The third-order valence-corrected chi connectivity index (χ3v) is 4.47. The fourth-order valence-corrected chi connectivity index (χ4v) is 2.65. The molecule has 29 heavy (non-hydrogen) atoms. The van der Waals surface area contributed by atoms with Crippen molar-refractivity contribution in [3.63, 3.8) is 0 Å². The molecule has 0 fully saturated rings. The van der Waals surface area contributed by atoms with Gasteiger partial charge in [-0.3, -0.25) is 14.4 Å². The number of hydrogen-bond donors (Lipinski definition) is 2. The zero-order valence-electron chi connectivity index (χ0n) is 16.8. The molecule has 0 heterocycles. The SMILES string of the molecule is CC(C)(C)c1ccc(C(=O)NCCC(=O)OCC(=O)Nc2ccccc2Cl)cc1. The monoisotopic (exact) mass is 416 g/mol. The van der Waals surface area contributed by atoms with Crippen molar-refractivity contribution in [2.45, 2.75) is 32.6 Å². The number of rotatable bonds is 7. The molecule has 0 aliphatic heterocycles. The van der Waals surface area contributed by atoms with Crippen LogP contribution in [0.2, 0.25) is 5.02 Å². The van der Waals surface area contributed by atoms with Crippen LogP contribution in [0.5, 0.6) is 0 Å². The van der Waals surface area contributed by atoms with E-state index >= 15 is 0 Å². The Labute approximate surface area is 175 Å². The minimum absolute atomic E-state index is 0.0108. The summed E-state index contributed by atoms with van der Waals surface area (Å²) in [6.45, 7) is 5.99. The van der Waals surface area contributed by atoms with Crippen molar-refractivity contribution >= 4 is 35.1 Å². The molecule has 0 aliphatic rings. The molecule has 2 aromatic carbocycles. The molecule has 0 aliphatic carbocycles. The van der Waals surface area contributed by atoms with Crippen LogP contribution in [0, 0.1) is 0 Å². The van der Waals surface area contributed by atoms with Crippen molar-refractivity contribution in [3.8, 4) is 0 Å². The first-order valence-corrected chi connectivity index (χ1v) is 9.63. The number of halogens is 1. The molecule has 0 saturated carbocycles. The second-order valence-electron chi connectivity index (χ2n) is 7.52. The Bertz CT molecular complexity index is 873. The van der Waals surface area contributed by atoms with E-state index in [-0.39, 0.29) is 24.3 Å². The van der Waals surface area contributed by atoms with Crippen LogP contribution in [0.3, 0.4) is 0 Å². The number of ether oxygens (including phenoxy) is 1. The lowest BCUT2D eigenvalue weighted by Gasteiger charge is -2.19. The van der Waals surface area contributed by atoms with Gasteiger partial charge in [-0.05, 0) is 35.2 Å². The highest BCUT2D eigenvalue weighted by molar-refractivity contribution is 6.33. The molecule has 0 aromatic heterocycles. The van der Waals surface area contributed by atoms with Crippen LogP contribution in [0.1, 0.15) is 43.1 Å². The van der Waals surface area contributed by atoms with Gasteiger partial charge in [0.15, 0.2) is 6.61 Å². The van der Waals surface area contributed by atoms with Gasteiger partial charge >= 0.3 is 5.97 Å². The van der Waals surface area contributed by atoms with Crippen LogP contribution >= 0.6 is 11.6 Å². The first kappa shape index (κ1) is 22.4. The van der Waals surface area contributed by atoms with Crippen LogP contribution in [-0.2, 0) is 19.7 Å². The minimum Gasteiger partial charge on any atom is -0.456 e. The van der Waals surface area contributed by atoms with Gasteiger partial charge in [-0.1, -0.05) is 56.6 Å². The van der Waals surface area contributed by atoms with E-state index in [0.29, 0.717) is 16.3 Å². The Hall–Kier alpha value is -2.86. The molecule has 0 saturated heterocycles. The number of carbonyl (C=O) groups is 3. The van der Waals surface area contributed by atoms with Crippen LogP contribution < -0.4 is 10.6 Å². The Morgan fingerprint density at radius 1 is 1.00 bits per heavy atom. The van der Waals surface area contributed by atoms with Crippen LogP contribution in [-0.4, -0.2) is 30.9 Å². The topological polar surface area (TPSA) is 84.5 Å². The van der Waals surface area contributed by atoms with Crippen molar-refractivity contribution < 1.29 is 19.1 Å². The first-order chi connectivity index (χ1) is 13.7. The highest BCUT2D eigenvalue weighted by Gasteiger charge is 2.15. The summed E-state index contributed by atoms with van der Waals surface area (Å²) in [4.78, 5) is 35.7. The van der Waals surface area contributed by atoms with E-state index in [1.165, 1.54) is 0 Å². The van der Waals surface area contributed by atoms with Crippen LogP contribution in [0.4, 0.5) is 5.69 Å². The standard InChI is InChI=1S/C22H25ClN2O4/c1-22(2,3)16-10-8-15(9-11-16)21(28)24-13-12-20(27)29-14-19(26)25-18-7-5-4-6-17(18)23/h4-11H,12-14H2,1-3H3,(H,24,28)(H,25,26). The van der Waals surface area contributed by atoms with Crippen molar-refractivity contribution in [3.05, 3.63) is 64.7 Å². The molecule has 0 bridgehead atoms. The van der Waals surface area contributed by atoms with Gasteiger partial charge in [0.05, 0.1) is 17.1 Å². The maximum absolute atomic E-state index is 12.1. The Kier molecular flexibility index (Phi) is 7.79. The molecule has 0 unspecified atom stereocenters. The Balaban J connectivity index is 1.70. The molecule has 2 N–H and O–H groups in total. The van der Waals surface area contributed by atoms with Crippen LogP contribution in [0.15, 0.2) is 48.5 Å². The van der Waals surface area contributed by atoms with Crippen molar-refractivity contribution in [2.75, 3.05) is 18.5 Å². The maximum atomic E-state index is 12.1. The lowest BCUT2D eigenvalue weighted by molar-refractivity contribution is -0.147. The van der Waals surface area contributed by atoms with E-state index in [4.69, 9.17) is 16.3 Å². The Morgan fingerprint density at radius 2 is 1.66 bits per heavy atom. The van der Waals surface area contributed by atoms with Crippen molar-refractivity contribution in [2.24, 2.45) is 0 Å². The molecule has 2 aromatic rings. The normalized spacial score (nSPS) is 10.9. The molecule has 0 spiro atoms. The largest absolute Gasteiger partial charge is 0.456 e. The second-order valence-corrected chi connectivity index (χ2v) is 7.93. The van der Waals surface area contributed by atoms with Crippen molar-refractivity contribution in [1.29, 1.82) is 0 Å². The Morgan fingerprint density at radius 3 is 2.28 bits per heavy atom. The number of esters is 1. The van der Waals surface area contributed by atoms with Gasteiger partial charge in [-0.25, -0.2) is 0 Å². The average Bonchev–Trinajstić information content (AvgIpc) is 2.67. The highest BCUT2D eigenvalue weighted by Crippen LogP contribution is 2.22. The van der Waals surface area contributed by atoms with E-state index < -0.39 is 18.5 Å². The molecule has 6 nitrogen and oxygen atoms in total. The molecule has 2 rings (SSSR count). The molecule has 154 valence electrons. The lowest BCUT2D eigenvalue weighted by Crippen LogP contribution is -2.27. The summed E-state index contributed by atoms with van der Waals surface area (Å²) in [5.74, 6) is -1.34. The summed E-state index contributed by atoms with van der Waals surface area (Å²) < 4.78 is 4.91. The summed E-state index contributed by atoms with van der Waals surface area (Å²) in [6.07, 6.45) is -0.0365. The molecule has 0 radical (unpaired) electrons. The zero-order chi connectivity index (χ0) is 21.4. The number of carbonyl (C=O) groups excluding carboxylic acids is 3. The van der Waals surface area contributed by atoms with Gasteiger partial charge in [0.1, 0.15) is 0 Å². The predicted octanol–water partition coefficient (Wildman–Crippen LogP) is 3.94. The second kappa shape index (κ2) is 10.1. The van der Waals surface area contributed by atoms with Gasteiger partial charge in [0.2, 0.25) is 0 Å². The summed E-state index contributed by atoms with van der Waals surface area (Å²) >= 11 is 5.95. The van der Waals surface area contributed by atoms with Crippen LogP contribution in [0.25, 0.3) is 0 Å². The number of anilines is 1. The van der Waals surface area contributed by atoms with E-state index in [9.17, 15) is 14.4 Å². The number of para-hydroxylation sites is 1. The number of nitrogens with one attached hydrogen (secondary N) is 2. The minimum atomic E-state index is -0.581. The quantitative estimate of drug-likeness (QED) is 0.669. The van der Waals surface area contributed by atoms with E-state index in [1.54, 1.807) is 36.4 Å². The smallest absolute Gasteiger partial charge is 0.308 e. The van der Waals surface area contributed by atoms with Gasteiger partial charge < -0.3 is 15.4 Å². The molecule has 2 amide bonds. The summed E-state index contributed by atoms with van der Waals surface area (Å²) in [5.41, 5.74) is 2.11. The average molecular weight is 417 g/mol. The molecular weight excluding hydrogens is 392 g/mol. The highest BCUT2D eigenvalue weighted by atomic mass is 35.5. The summed E-state index contributed by atoms with van der Waals surface area (Å²) in [5, 5.41) is 5.62. The predicted molar refractivity (Wildman–Crippen MR) is 113 cm³/mol. The molecule has 7 heteroatoms. The lowest BCUT2D eigenvalue weighted by atomic mass is 9.87. The van der Waals surface area contributed by atoms with E-state index in [0.717, 1.165) is 5.56 Å². The number of hydrogen-bond acceptors (Lipinski definition) is 4. The third kappa shape index (κ3) is 7.23.